The molecular formula is C27H38O2. The molecule has 0 atom stereocenters. The number of unbranched alkanes of at least 4 members (excludes halogenated alkanes) is 7. The first-order valence-corrected chi connectivity index (χ1v) is 10.7. The van der Waals surface area contributed by atoms with Gasteiger partial charge in [-0.2, -0.15) is 0 Å². The minimum absolute atomic E-state index is 0.416. The average Bonchev–Trinajstić information content (AvgIpc) is 2.69. The number of rotatable bonds is 16. The van der Waals surface area contributed by atoms with Gasteiger partial charge >= 0.3 is 5.97 Å². The summed E-state index contributed by atoms with van der Waals surface area (Å²) < 4.78 is 4.85. The first kappa shape index (κ1) is 26.4. The van der Waals surface area contributed by atoms with E-state index in [0.717, 1.165) is 12.0 Å². The number of hydrogen-bond acceptors (Lipinski definition) is 2. The summed E-state index contributed by atoms with van der Waals surface area (Å²) in [4.78, 5) is 11.3. The highest BCUT2D eigenvalue weighted by molar-refractivity contribution is 5.82. The van der Waals surface area contributed by atoms with Crippen LogP contribution >= 0.6 is 0 Å². The van der Waals surface area contributed by atoms with Crippen LogP contribution in [0.25, 0.3) is 0 Å². The van der Waals surface area contributed by atoms with E-state index >= 15 is 0 Å². The molecule has 2 nitrogen and oxygen atoms in total. The molecule has 0 N–H and O–H groups in total. The third-order valence-electron chi connectivity index (χ3n) is 3.88. The van der Waals surface area contributed by atoms with Crippen molar-refractivity contribution in [3.63, 3.8) is 0 Å². The highest BCUT2D eigenvalue weighted by atomic mass is 16.5. The fourth-order valence-corrected chi connectivity index (χ4v) is 2.30. The molecule has 0 aromatic heterocycles. The van der Waals surface area contributed by atoms with Crippen LogP contribution in [-0.2, 0) is 9.53 Å². The Kier molecular flexibility index (Phi) is 19.7. The summed E-state index contributed by atoms with van der Waals surface area (Å²) in [7, 11) is 0. The number of carbonyl (C=O) groups excluding carboxylic acids is 1. The van der Waals surface area contributed by atoms with Gasteiger partial charge in [0.15, 0.2) is 0 Å². The lowest BCUT2D eigenvalue weighted by Crippen LogP contribution is -1.92. The van der Waals surface area contributed by atoms with Gasteiger partial charge in [-0.3, -0.25) is 0 Å². The van der Waals surface area contributed by atoms with E-state index in [0.29, 0.717) is 0 Å². The van der Waals surface area contributed by atoms with Gasteiger partial charge in [-0.05, 0) is 25.8 Å². The lowest BCUT2D eigenvalue weighted by Gasteiger charge is -1.98. The Morgan fingerprint density at radius 2 is 1.24 bits per heavy atom. The van der Waals surface area contributed by atoms with Gasteiger partial charge in [-0.15, -0.1) is 0 Å². The van der Waals surface area contributed by atoms with Crippen LogP contribution < -0.4 is 0 Å². The fourth-order valence-electron chi connectivity index (χ4n) is 2.30. The molecule has 0 bridgehead atoms. The standard InChI is InChI=1S/C27H38O2/c1-4-5-6-7-8-9-10-11-12-13-14-15-16-17-18-19-20-21-22-23-27(28)29-25-24-26(2)3/h12-25H,2,4-11H2,1,3H3. The van der Waals surface area contributed by atoms with Crippen LogP contribution in [0, 0.1) is 0 Å². The number of hydrogen-bond donors (Lipinski definition) is 0. The Balaban J connectivity index is 3.75. The Morgan fingerprint density at radius 1 is 0.724 bits per heavy atom. The molecule has 0 aliphatic heterocycles. The predicted octanol–water partition coefficient (Wildman–Crippen LogP) is 8.10. The minimum Gasteiger partial charge on any atom is -0.431 e. The first-order chi connectivity index (χ1) is 14.2. The van der Waals surface area contributed by atoms with Crippen molar-refractivity contribution in [3.05, 3.63) is 97.4 Å². The average molecular weight is 395 g/mol. The maximum absolute atomic E-state index is 11.3. The third-order valence-corrected chi connectivity index (χ3v) is 3.88. The maximum Gasteiger partial charge on any atom is 0.335 e. The van der Waals surface area contributed by atoms with Gasteiger partial charge in [0, 0.05) is 6.08 Å². The molecule has 0 heterocycles. The number of ether oxygens (including phenoxy) is 1. The topological polar surface area (TPSA) is 26.3 Å². The SMILES string of the molecule is C=C(C)C=COC(=O)C=CC=CC=CC=CC=CC=CCCCCCCCCC. The predicted molar refractivity (Wildman–Crippen MR) is 127 cm³/mol. The van der Waals surface area contributed by atoms with Gasteiger partial charge < -0.3 is 4.74 Å². The smallest absolute Gasteiger partial charge is 0.335 e. The molecule has 0 radical (unpaired) electrons. The van der Waals surface area contributed by atoms with Gasteiger partial charge in [0.05, 0.1) is 6.26 Å². The normalized spacial score (nSPS) is 12.9. The zero-order valence-corrected chi connectivity index (χ0v) is 18.3. The quantitative estimate of drug-likeness (QED) is 0.0869. The first-order valence-electron chi connectivity index (χ1n) is 10.7. The van der Waals surface area contributed by atoms with Crippen molar-refractivity contribution in [1.82, 2.24) is 0 Å². The van der Waals surface area contributed by atoms with Gasteiger partial charge in [0.2, 0.25) is 0 Å². The summed E-state index contributed by atoms with van der Waals surface area (Å²) in [6.45, 7) is 7.76. The van der Waals surface area contributed by atoms with E-state index in [1.165, 1.54) is 57.3 Å². The highest BCUT2D eigenvalue weighted by Crippen LogP contribution is 2.08. The summed E-state index contributed by atoms with van der Waals surface area (Å²) in [5, 5.41) is 0. The zero-order valence-electron chi connectivity index (χ0n) is 18.3. The highest BCUT2D eigenvalue weighted by Gasteiger charge is 1.90. The zero-order chi connectivity index (χ0) is 21.4. The Labute approximate surface area is 178 Å². The number of carbonyl (C=O) groups is 1. The van der Waals surface area contributed by atoms with Crippen molar-refractivity contribution in [3.8, 4) is 0 Å². The molecule has 0 amide bonds. The fraction of sp³-hybridized carbons (Fsp3) is 0.370. The largest absolute Gasteiger partial charge is 0.431 e. The molecule has 0 aromatic rings. The molecule has 29 heavy (non-hydrogen) atoms. The summed E-state index contributed by atoms with van der Waals surface area (Å²) in [6.07, 6.45) is 36.5. The molecular weight excluding hydrogens is 356 g/mol. The summed E-state index contributed by atoms with van der Waals surface area (Å²) >= 11 is 0. The van der Waals surface area contributed by atoms with E-state index in [4.69, 9.17) is 4.74 Å². The van der Waals surface area contributed by atoms with Crippen LogP contribution in [0.3, 0.4) is 0 Å². The molecule has 158 valence electrons. The molecule has 0 saturated carbocycles. The minimum atomic E-state index is -0.416. The van der Waals surface area contributed by atoms with Crippen LogP contribution in [0.5, 0.6) is 0 Å². The van der Waals surface area contributed by atoms with Crippen LogP contribution in [0.4, 0.5) is 0 Å². The van der Waals surface area contributed by atoms with Crippen molar-refractivity contribution < 1.29 is 9.53 Å². The van der Waals surface area contributed by atoms with Crippen molar-refractivity contribution in [2.75, 3.05) is 0 Å². The number of allylic oxidation sites excluding steroid dienone is 13. The molecule has 0 aliphatic carbocycles. The van der Waals surface area contributed by atoms with E-state index in [-0.39, 0.29) is 0 Å². The second-order valence-corrected chi connectivity index (χ2v) is 6.82. The van der Waals surface area contributed by atoms with Crippen LogP contribution in [0.2, 0.25) is 0 Å². The lowest BCUT2D eigenvalue weighted by molar-refractivity contribution is -0.132. The maximum atomic E-state index is 11.3. The van der Waals surface area contributed by atoms with Gasteiger partial charge in [0.25, 0.3) is 0 Å². The van der Waals surface area contributed by atoms with Crippen molar-refractivity contribution in [2.45, 2.75) is 65.2 Å². The molecule has 0 unspecified atom stereocenters. The molecule has 0 fully saturated rings. The van der Waals surface area contributed by atoms with Gasteiger partial charge in [-0.25, -0.2) is 4.79 Å². The Bertz CT molecular complexity index is 625. The van der Waals surface area contributed by atoms with Crippen LogP contribution in [-0.4, -0.2) is 5.97 Å². The van der Waals surface area contributed by atoms with E-state index in [1.54, 1.807) is 18.2 Å². The summed E-state index contributed by atoms with van der Waals surface area (Å²) in [5.41, 5.74) is 0.828. The lowest BCUT2D eigenvalue weighted by atomic mass is 10.1. The van der Waals surface area contributed by atoms with E-state index in [9.17, 15) is 4.79 Å². The second-order valence-electron chi connectivity index (χ2n) is 6.82. The van der Waals surface area contributed by atoms with Crippen molar-refractivity contribution in [1.29, 1.82) is 0 Å². The van der Waals surface area contributed by atoms with E-state index in [1.807, 2.05) is 43.4 Å². The van der Waals surface area contributed by atoms with Gasteiger partial charge in [0.1, 0.15) is 0 Å². The monoisotopic (exact) mass is 394 g/mol. The Hall–Kier alpha value is -2.61. The van der Waals surface area contributed by atoms with Gasteiger partial charge in [-0.1, -0.05) is 124 Å². The molecule has 0 aromatic carbocycles. The molecule has 0 aliphatic rings. The molecule has 0 spiro atoms. The summed E-state index contributed by atoms with van der Waals surface area (Å²) in [6, 6.07) is 0. The van der Waals surface area contributed by atoms with Crippen LogP contribution in [0.1, 0.15) is 65.2 Å². The number of esters is 1. The molecule has 0 saturated heterocycles. The summed E-state index contributed by atoms with van der Waals surface area (Å²) in [5.74, 6) is -0.416. The van der Waals surface area contributed by atoms with Crippen molar-refractivity contribution in [2.24, 2.45) is 0 Å². The van der Waals surface area contributed by atoms with Crippen LogP contribution in [0.15, 0.2) is 97.4 Å². The molecule has 0 rings (SSSR count). The van der Waals surface area contributed by atoms with E-state index < -0.39 is 5.97 Å². The van der Waals surface area contributed by atoms with E-state index in [2.05, 4.69) is 31.7 Å². The third kappa shape index (κ3) is 23.4. The molecule has 2 heteroatoms. The Morgan fingerprint density at radius 3 is 1.83 bits per heavy atom. The van der Waals surface area contributed by atoms with Crippen molar-refractivity contribution >= 4 is 5.97 Å². The second kappa shape index (κ2) is 21.7.